The summed E-state index contributed by atoms with van der Waals surface area (Å²) in [7, 11) is -0.165. The number of rotatable bonds is 16. The molecule has 1 nitrogen and oxygen atoms in total. The minimum Gasteiger partial charge on any atom is -0.424 e. The second kappa shape index (κ2) is 18.2. The molecule has 0 fully saturated rings. The third kappa shape index (κ3) is 18.2. The smallest absolute Gasteiger partial charge is 0.161 e. The maximum Gasteiger partial charge on any atom is 0.161 e. The topological polar surface area (TPSA) is 9.23 Å². The Morgan fingerprint density at radius 1 is 0.579 bits per heavy atom. The van der Waals surface area contributed by atoms with E-state index in [1.54, 1.807) is 0 Å². The minimum absolute atomic E-state index is 0.165. The Labute approximate surface area is 124 Å². The molecule has 0 aromatic heterocycles. The van der Waals surface area contributed by atoms with Crippen LogP contribution in [0.4, 0.5) is 0 Å². The van der Waals surface area contributed by atoms with E-state index in [0.717, 1.165) is 6.61 Å². The standard InChI is InChI=1S/C17H38OSi/c1-3-5-7-8-9-10-11-12-13-14-15-17-19-18-16-6-4-2/h3-17,19H2,1-2H3. The zero-order valence-electron chi connectivity index (χ0n) is 13.7. The van der Waals surface area contributed by atoms with E-state index in [4.69, 9.17) is 4.43 Å². The van der Waals surface area contributed by atoms with Crippen LogP contribution in [-0.2, 0) is 4.43 Å². The molecule has 0 aromatic rings. The SMILES string of the molecule is CCCCCCCCCCCCC[SiH2]OCCCC. The van der Waals surface area contributed by atoms with Crippen molar-refractivity contribution >= 4 is 9.76 Å². The molecule has 2 heteroatoms. The first-order chi connectivity index (χ1) is 9.41. The van der Waals surface area contributed by atoms with Gasteiger partial charge in [0.15, 0.2) is 9.76 Å². The molecule has 0 aromatic carbocycles. The lowest BCUT2D eigenvalue weighted by molar-refractivity contribution is 0.325. The van der Waals surface area contributed by atoms with Gasteiger partial charge in [0.05, 0.1) is 0 Å². The lowest BCUT2D eigenvalue weighted by Gasteiger charge is -2.03. The molecule has 0 spiro atoms. The summed E-state index contributed by atoms with van der Waals surface area (Å²) in [4.78, 5) is 0. The highest BCUT2D eigenvalue weighted by Crippen LogP contribution is 2.11. The van der Waals surface area contributed by atoms with Crippen molar-refractivity contribution < 1.29 is 4.43 Å². The average molecular weight is 287 g/mol. The zero-order valence-corrected chi connectivity index (χ0v) is 15.1. The Balaban J connectivity index is 2.88. The number of hydrogen-bond donors (Lipinski definition) is 0. The Morgan fingerprint density at radius 2 is 1.05 bits per heavy atom. The predicted molar refractivity (Wildman–Crippen MR) is 90.7 cm³/mol. The van der Waals surface area contributed by atoms with Crippen LogP contribution in [0.5, 0.6) is 0 Å². The van der Waals surface area contributed by atoms with Gasteiger partial charge in [-0.15, -0.1) is 0 Å². The molecule has 0 saturated heterocycles. The summed E-state index contributed by atoms with van der Waals surface area (Å²) >= 11 is 0. The molecule has 0 bridgehead atoms. The summed E-state index contributed by atoms with van der Waals surface area (Å²) in [6.07, 6.45) is 18.5. The van der Waals surface area contributed by atoms with E-state index in [1.807, 2.05) is 0 Å². The molecule has 19 heavy (non-hydrogen) atoms. The molecule has 0 aliphatic heterocycles. The van der Waals surface area contributed by atoms with E-state index in [0.29, 0.717) is 0 Å². The maximum absolute atomic E-state index is 5.70. The summed E-state index contributed by atoms with van der Waals surface area (Å²) in [6.45, 7) is 5.55. The summed E-state index contributed by atoms with van der Waals surface area (Å²) in [6, 6.07) is 1.40. The quantitative estimate of drug-likeness (QED) is 0.264. The van der Waals surface area contributed by atoms with Crippen molar-refractivity contribution in [2.45, 2.75) is 103 Å². The van der Waals surface area contributed by atoms with Crippen LogP contribution in [0.25, 0.3) is 0 Å². The van der Waals surface area contributed by atoms with Crippen molar-refractivity contribution in [1.29, 1.82) is 0 Å². The highest BCUT2D eigenvalue weighted by molar-refractivity contribution is 6.26. The van der Waals surface area contributed by atoms with E-state index in [2.05, 4.69) is 13.8 Å². The van der Waals surface area contributed by atoms with Gasteiger partial charge in [0, 0.05) is 6.61 Å². The molecule has 0 aliphatic carbocycles. The van der Waals surface area contributed by atoms with Crippen molar-refractivity contribution in [3.05, 3.63) is 0 Å². The van der Waals surface area contributed by atoms with Crippen LogP contribution in [0.15, 0.2) is 0 Å². The van der Waals surface area contributed by atoms with Crippen molar-refractivity contribution in [1.82, 2.24) is 0 Å². The van der Waals surface area contributed by atoms with Gasteiger partial charge in [-0.1, -0.05) is 90.9 Å². The van der Waals surface area contributed by atoms with Crippen molar-refractivity contribution in [2.75, 3.05) is 6.61 Å². The summed E-state index contributed by atoms with van der Waals surface area (Å²) in [5.41, 5.74) is 0. The highest BCUT2D eigenvalue weighted by Gasteiger charge is 1.94. The first-order valence-electron chi connectivity index (χ1n) is 8.99. The number of unbranched alkanes of at least 4 members (excludes halogenated alkanes) is 11. The molecule has 0 unspecified atom stereocenters. The van der Waals surface area contributed by atoms with E-state index < -0.39 is 0 Å². The monoisotopic (exact) mass is 286 g/mol. The zero-order chi connectivity index (χ0) is 14.0. The van der Waals surface area contributed by atoms with Crippen LogP contribution < -0.4 is 0 Å². The third-order valence-corrected chi connectivity index (χ3v) is 5.15. The maximum atomic E-state index is 5.70. The first kappa shape index (κ1) is 19.2. The van der Waals surface area contributed by atoms with Gasteiger partial charge >= 0.3 is 0 Å². The summed E-state index contributed by atoms with van der Waals surface area (Å²) in [5, 5.41) is 0. The molecule has 0 N–H and O–H groups in total. The van der Waals surface area contributed by atoms with Crippen LogP contribution in [-0.4, -0.2) is 16.4 Å². The second-order valence-electron chi connectivity index (χ2n) is 5.86. The van der Waals surface area contributed by atoms with Gasteiger partial charge in [-0.2, -0.15) is 0 Å². The predicted octanol–water partition coefficient (Wildman–Crippen LogP) is 5.62. The first-order valence-corrected chi connectivity index (χ1v) is 10.6. The van der Waals surface area contributed by atoms with E-state index in [-0.39, 0.29) is 9.76 Å². The van der Waals surface area contributed by atoms with Gasteiger partial charge in [0.1, 0.15) is 0 Å². The van der Waals surface area contributed by atoms with Crippen LogP contribution in [0.2, 0.25) is 6.04 Å². The fraction of sp³-hybridized carbons (Fsp3) is 1.00. The second-order valence-corrected chi connectivity index (χ2v) is 7.38. The molecule has 0 radical (unpaired) electrons. The van der Waals surface area contributed by atoms with E-state index >= 15 is 0 Å². The molecule has 0 atom stereocenters. The Morgan fingerprint density at radius 3 is 1.58 bits per heavy atom. The van der Waals surface area contributed by atoms with E-state index in [9.17, 15) is 0 Å². The Kier molecular flexibility index (Phi) is 18.3. The van der Waals surface area contributed by atoms with Crippen LogP contribution in [0.3, 0.4) is 0 Å². The van der Waals surface area contributed by atoms with E-state index in [1.165, 1.54) is 89.5 Å². The molecule has 0 amide bonds. The van der Waals surface area contributed by atoms with Crippen LogP contribution >= 0.6 is 0 Å². The van der Waals surface area contributed by atoms with Crippen molar-refractivity contribution in [3.63, 3.8) is 0 Å². The van der Waals surface area contributed by atoms with Crippen molar-refractivity contribution in [2.24, 2.45) is 0 Å². The van der Waals surface area contributed by atoms with Crippen LogP contribution in [0, 0.1) is 0 Å². The molecule has 116 valence electrons. The van der Waals surface area contributed by atoms with Gasteiger partial charge in [-0.05, 0) is 12.5 Å². The summed E-state index contributed by atoms with van der Waals surface area (Å²) < 4.78 is 5.70. The van der Waals surface area contributed by atoms with Crippen molar-refractivity contribution in [3.8, 4) is 0 Å². The Hall–Kier alpha value is 0.177. The lowest BCUT2D eigenvalue weighted by atomic mass is 10.1. The van der Waals surface area contributed by atoms with Gasteiger partial charge in [0.2, 0.25) is 0 Å². The lowest BCUT2D eigenvalue weighted by Crippen LogP contribution is -1.99. The number of hydrogen-bond acceptors (Lipinski definition) is 1. The summed E-state index contributed by atoms with van der Waals surface area (Å²) in [5.74, 6) is 0. The van der Waals surface area contributed by atoms with Crippen LogP contribution in [0.1, 0.15) is 97.3 Å². The largest absolute Gasteiger partial charge is 0.424 e. The highest BCUT2D eigenvalue weighted by atomic mass is 28.2. The average Bonchev–Trinajstić information content (AvgIpc) is 2.43. The molecule has 0 rings (SSSR count). The van der Waals surface area contributed by atoms with Gasteiger partial charge < -0.3 is 4.43 Å². The van der Waals surface area contributed by atoms with Gasteiger partial charge in [-0.25, -0.2) is 0 Å². The molecule has 0 heterocycles. The molecular formula is C17H38OSi. The van der Waals surface area contributed by atoms with Gasteiger partial charge in [-0.3, -0.25) is 0 Å². The Bertz CT molecular complexity index is 134. The fourth-order valence-corrected chi connectivity index (χ4v) is 3.56. The molecule has 0 saturated carbocycles. The third-order valence-electron chi connectivity index (χ3n) is 3.78. The fourth-order valence-electron chi connectivity index (χ4n) is 2.39. The minimum atomic E-state index is -0.165. The molecule has 0 aliphatic rings. The normalized spacial score (nSPS) is 11.7. The molecular weight excluding hydrogens is 248 g/mol. The van der Waals surface area contributed by atoms with Gasteiger partial charge in [0.25, 0.3) is 0 Å².